The molecule has 41 heavy (non-hydrogen) atoms. The molecule has 11 heteroatoms. The fourth-order valence-electron chi connectivity index (χ4n) is 5.19. The number of pyridine rings is 2. The summed E-state index contributed by atoms with van der Waals surface area (Å²) >= 11 is 0. The first-order chi connectivity index (χ1) is 19.7. The van der Waals surface area contributed by atoms with Crippen molar-refractivity contribution in [3.63, 3.8) is 0 Å². The summed E-state index contributed by atoms with van der Waals surface area (Å²) in [7, 11) is 2.12. The lowest BCUT2D eigenvalue weighted by molar-refractivity contribution is -0.303. The second-order valence-corrected chi connectivity index (χ2v) is 10.6. The molecule has 2 N–H and O–H groups in total. The molecule has 0 amide bonds. The van der Waals surface area contributed by atoms with Gasteiger partial charge in [-0.1, -0.05) is 13.0 Å². The van der Waals surface area contributed by atoms with Crippen molar-refractivity contribution in [3.05, 3.63) is 60.3 Å². The van der Waals surface area contributed by atoms with Gasteiger partial charge in [-0.15, -0.1) is 13.2 Å². The summed E-state index contributed by atoms with van der Waals surface area (Å²) in [4.78, 5) is 21.3. The summed E-state index contributed by atoms with van der Waals surface area (Å²) in [5.74, 6) is 2.30. The number of fused-ring (bicyclic) bond motifs is 1. The third-order valence-electron chi connectivity index (χ3n) is 7.41. The molecule has 4 heterocycles. The number of ether oxygens (including phenoxy) is 1. The molecular weight excluding hydrogens is 531 g/mol. The van der Waals surface area contributed by atoms with Gasteiger partial charge < -0.3 is 20.3 Å². The Morgan fingerprint density at radius 2 is 1.98 bits per heavy atom. The first kappa shape index (κ1) is 28.8. The zero-order valence-corrected chi connectivity index (χ0v) is 23.6. The molecule has 5 rings (SSSR count). The molecule has 1 saturated heterocycles. The molecule has 0 spiro atoms. The molecule has 3 aromatic rings. The van der Waals surface area contributed by atoms with E-state index in [2.05, 4.69) is 37.3 Å². The maximum absolute atomic E-state index is 12.7. The van der Waals surface area contributed by atoms with Gasteiger partial charge in [-0.05, 0) is 87.9 Å². The Balaban J connectivity index is 1.43. The van der Waals surface area contributed by atoms with Gasteiger partial charge >= 0.3 is 6.36 Å². The summed E-state index contributed by atoms with van der Waals surface area (Å²) in [6.07, 6.45) is 9.82. The maximum atomic E-state index is 12.7. The second kappa shape index (κ2) is 12.4. The average molecular weight is 568 g/mol. The van der Waals surface area contributed by atoms with E-state index in [4.69, 9.17) is 9.97 Å². The Bertz CT molecular complexity index is 1410. The lowest BCUT2D eigenvalue weighted by Crippen LogP contribution is -2.41. The number of halogens is 3. The van der Waals surface area contributed by atoms with Crippen molar-refractivity contribution in [2.75, 3.05) is 30.4 Å². The van der Waals surface area contributed by atoms with Crippen molar-refractivity contribution in [3.8, 4) is 11.4 Å². The largest absolute Gasteiger partial charge is 0.573 e. The van der Waals surface area contributed by atoms with Gasteiger partial charge in [0.05, 0.1) is 11.7 Å². The van der Waals surface area contributed by atoms with E-state index in [9.17, 15) is 13.2 Å². The highest BCUT2D eigenvalue weighted by Gasteiger charge is 2.32. The maximum Gasteiger partial charge on any atom is 0.573 e. The standard InChI is InChI=1S/C30H36F3N7O/c1-4-5-23(41-30(31,32)33)9-6-19(2)37-26-16-21(10-15-36-26)28-38-25-18-35-17-24(20-7-8-20)27(25)29(39-28)40(3)22-11-13-34-14-12-22/h5-6,9-10,15-20,22,34H,4,7-8,11-14H2,1-3H3,(H,36,37)/b9-6-,23-5+. The molecular formula is C30H36F3N7O. The Kier molecular flexibility index (Phi) is 8.72. The number of piperidine rings is 1. The molecule has 1 aliphatic heterocycles. The quantitative estimate of drug-likeness (QED) is 0.217. The molecule has 1 saturated carbocycles. The predicted octanol–water partition coefficient (Wildman–Crippen LogP) is 6.34. The van der Waals surface area contributed by atoms with Crippen LogP contribution in [0.5, 0.6) is 0 Å². The van der Waals surface area contributed by atoms with Crippen LogP contribution in [0.1, 0.15) is 57.4 Å². The van der Waals surface area contributed by atoms with E-state index in [1.165, 1.54) is 17.7 Å². The van der Waals surface area contributed by atoms with E-state index < -0.39 is 6.36 Å². The van der Waals surface area contributed by atoms with E-state index in [1.54, 1.807) is 19.2 Å². The summed E-state index contributed by atoms with van der Waals surface area (Å²) in [6, 6.07) is 3.77. The van der Waals surface area contributed by atoms with Crippen molar-refractivity contribution in [2.45, 2.75) is 70.3 Å². The minimum absolute atomic E-state index is 0.246. The number of aromatic nitrogens is 4. The molecule has 0 bridgehead atoms. The van der Waals surface area contributed by atoms with E-state index in [1.807, 2.05) is 31.5 Å². The van der Waals surface area contributed by atoms with E-state index >= 15 is 0 Å². The number of anilines is 2. The molecule has 1 atom stereocenters. The Morgan fingerprint density at radius 3 is 2.68 bits per heavy atom. The van der Waals surface area contributed by atoms with Crippen molar-refractivity contribution < 1.29 is 17.9 Å². The monoisotopic (exact) mass is 567 g/mol. The topological polar surface area (TPSA) is 88.1 Å². The highest BCUT2D eigenvalue weighted by molar-refractivity contribution is 5.94. The number of alkyl halides is 3. The van der Waals surface area contributed by atoms with Gasteiger partial charge in [-0.2, -0.15) is 0 Å². The molecule has 1 aliphatic carbocycles. The van der Waals surface area contributed by atoms with Crippen LogP contribution in [0.3, 0.4) is 0 Å². The molecule has 2 fully saturated rings. The third-order valence-corrected chi connectivity index (χ3v) is 7.41. The van der Waals surface area contributed by atoms with Crippen LogP contribution in [0.4, 0.5) is 24.8 Å². The number of hydrogen-bond acceptors (Lipinski definition) is 8. The lowest BCUT2D eigenvalue weighted by Gasteiger charge is -2.33. The van der Waals surface area contributed by atoms with Gasteiger partial charge in [0.1, 0.15) is 17.4 Å². The number of nitrogens with one attached hydrogen (secondary N) is 2. The van der Waals surface area contributed by atoms with Crippen LogP contribution in [0.25, 0.3) is 22.3 Å². The van der Waals surface area contributed by atoms with Crippen LogP contribution in [0, 0.1) is 0 Å². The summed E-state index contributed by atoms with van der Waals surface area (Å²) in [6.45, 7) is 5.53. The van der Waals surface area contributed by atoms with Gasteiger partial charge in [0, 0.05) is 42.5 Å². The molecule has 2 aliphatic rings. The van der Waals surface area contributed by atoms with Crippen molar-refractivity contribution in [1.82, 2.24) is 25.3 Å². The number of nitrogens with zero attached hydrogens (tertiary/aromatic N) is 5. The van der Waals surface area contributed by atoms with Crippen molar-refractivity contribution >= 4 is 22.5 Å². The highest BCUT2D eigenvalue weighted by Crippen LogP contribution is 2.45. The zero-order valence-electron chi connectivity index (χ0n) is 23.6. The van der Waals surface area contributed by atoms with E-state index in [0.717, 1.165) is 61.1 Å². The predicted molar refractivity (Wildman–Crippen MR) is 155 cm³/mol. The van der Waals surface area contributed by atoms with Gasteiger partial charge in [0.25, 0.3) is 0 Å². The normalized spacial score (nSPS) is 17.7. The minimum atomic E-state index is -4.74. The molecule has 0 aromatic carbocycles. The number of rotatable bonds is 10. The van der Waals surface area contributed by atoms with Crippen LogP contribution in [-0.2, 0) is 4.74 Å². The first-order valence-electron chi connectivity index (χ1n) is 14.2. The average Bonchev–Trinajstić information content (AvgIpc) is 3.80. The minimum Gasteiger partial charge on any atom is -0.406 e. The summed E-state index contributed by atoms with van der Waals surface area (Å²) in [5, 5.41) is 7.74. The Hall–Kier alpha value is -3.73. The lowest BCUT2D eigenvalue weighted by atomic mass is 10.0. The van der Waals surface area contributed by atoms with Crippen molar-refractivity contribution in [2.24, 2.45) is 0 Å². The van der Waals surface area contributed by atoms with Crippen LogP contribution >= 0.6 is 0 Å². The van der Waals surface area contributed by atoms with Gasteiger partial charge in [0.15, 0.2) is 5.82 Å². The Morgan fingerprint density at radius 1 is 1.20 bits per heavy atom. The highest BCUT2D eigenvalue weighted by atomic mass is 19.4. The molecule has 218 valence electrons. The van der Waals surface area contributed by atoms with Crippen LogP contribution in [0.15, 0.2) is 54.7 Å². The molecule has 1 unspecified atom stereocenters. The first-order valence-corrected chi connectivity index (χ1v) is 14.2. The second-order valence-electron chi connectivity index (χ2n) is 10.6. The summed E-state index contributed by atoms with van der Waals surface area (Å²) in [5.41, 5.74) is 2.82. The molecule has 0 radical (unpaired) electrons. The number of allylic oxidation sites excluding steroid dienone is 2. The smallest absolute Gasteiger partial charge is 0.406 e. The Labute approximate surface area is 238 Å². The molecule has 8 nitrogen and oxygen atoms in total. The summed E-state index contributed by atoms with van der Waals surface area (Å²) < 4.78 is 42.2. The van der Waals surface area contributed by atoms with Gasteiger partial charge in [-0.25, -0.2) is 15.0 Å². The van der Waals surface area contributed by atoms with Gasteiger partial charge in [-0.3, -0.25) is 4.98 Å². The zero-order chi connectivity index (χ0) is 29.0. The fourth-order valence-corrected chi connectivity index (χ4v) is 5.19. The van der Waals surface area contributed by atoms with E-state index in [-0.39, 0.29) is 11.8 Å². The van der Waals surface area contributed by atoms with Crippen LogP contribution < -0.4 is 15.5 Å². The SMILES string of the molecule is CC/C=C(\C=C/C(C)Nc1cc(-c2nc(N(C)C3CCNCC3)c3c(C4CC4)cncc3n2)ccn1)OC(F)(F)F. The van der Waals surface area contributed by atoms with E-state index in [0.29, 0.717) is 30.0 Å². The van der Waals surface area contributed by atoms with Crippen LogP contribution in [-0.4, -0.2) is 58.5 Å². The number of hydrogen-bond donors (Lipinski definition) is 2. The molecule has 3 aromatic heterocycles. The van der Waals surface area contributed by atoms with Crippen molar-refractivity contribution in [1.29, 1.82) is 0 Å². The van der Waals surface area contributed by atoms with Gasteiger partial charge in [0.2, 0.25) is 0 Å². The van der Waals surface area contributed by atoms with Crippen LogP contribution in [0.2, 0.25) is 0 Å². The fraction of sp³-hybridized carbons (Fsp3) is 0.467. The third kappa shape index (κ3) is 7.32.